The van der Waals surface area contributed by atoms with Gasteiger partial charge in [0.25, 0.3) is 0 Å². The first-order chi connectivity index (χ1) is 24.8. The molecule has 0 aliphatic carbocycles. The van der Waals surface area contributed by atoms with Crippen LogP contribution in [0.5, 0.6) is 0 Å². The molecule has 10 aromatic rings. The van der Waals surface area contributed by atoms with Crippen molar-refractivity contribution in [3.63, 3.8) is 0 Å². The van der Waals surface area contributed by atoms with Crippen LogP contribution in [0.3, 0.4) is 0 Å². The molecule has 3 heterocycles. The molecule has 0 bridgehead atoms. The minimum Gasteiger partial charge on any atom is -0.455 e. The molecule has 0 saturated carbocycles. The second-order valence-corrected chi connectivity index (χ2v) is 13.4. The van der Waals surface area contributed by atoms with E-state index >= 15 is 0 Å². The smallest absolute Gasteiger partial charge is 0.164 e. The van der Waals surface area contributed by atoms with E-state index in [0.29, 0.717) is 17.5 Å². The fraction of sp³-hybridized carbons (Fsp3) is 0. The normalized spacial score (nSPS) is 11.6. The third-order valence-corrected chi connectivity index (χ3v) is 10.5. The van der Waals surface area contributed by atoms with Crippen LogP contribution in [0.15, 0.2) is 168 Å². The van der Waals surface area contributed by atoms with Crippen molar-refractivity contribution in [2.45, 2.75) is 0 Å². The summed E-state index contributed by atoms with van der Waals surface area (Å²) < 4.78 is 9.61. The summed E-state index contributed by atoms with van der Waals surface area (Å²) in [5.41, 5.74) is 8.59. The molecule has 7 aromatic carbocycles. The number of nitrogens with zero attached hydrogens (tertiary/aromatic N) is 3. The standard InChI is InChI=1S/C45H27N3OS/c1-4-13-28(14-5-1)40-36(45-47-43(29-15-6-2-7-16-29)46-44(48-45)30-17-8-3-9-18-30)25-24-35-34-21-12-20-32(41(34)49-42(35)40)31-23-26-39-37(27-31)33-19-10-11-22-38(33)50-39/h1-27H. The molecule has 0 spiro atoms. The Balaban J connectivity index is 1.23. The average molecular weight is 658 g/mol. The Morgan fingerprint density at radius 2 is 0.940 bits per heavy atom. The molecule has 0 aliphatic heterocycles. The van der Waals surface area contributed by atoms with E-state index in [1.54, 1.807) is 0 Å². The quantitative estimate of drug-likeness (QED) is 0.185. The van der Waals surface area contributed by atoms with Gasteiger partial charge in [-0.15, -0.1) is 11.3 Å². The number of hydrogen-bond donors (Lipinski definition) is 0. The van der Waals surface area contributed by atoms with Gasteiger partial charge in [0, 0.05) is 58.8 Å². The number of fused-ring (bicyclic) bond motifs is 6. The van der Waals surface area contributed by atoms with Crippen molar-refractivity contribution >= 4 is 53.4 Å². The van der Waals surface area contributed by atoms with Gasteiger partial charge in [0.2, 0.25) is 0 Å². The van der Waals surface area contributed by atoms with Crippen LogP contribution in [-0.4, -0.2) is 15.0 Å². The molecule has 0 unspecified atom stereocenters. The predicted octanol–water partition coefficient (Wildman–Crippen LogP) is 12.5. The van der Waals surface area contributed by atoms with E-state index in [1.165, 1.54) is 20.2 Å². The van der Waals surface area contributed by atoms with Crippen LogP contribution >= 0.6 is 11.3 Å². The van der Waals surface area contributed by atoms with Crippen molar-refractivity contribution in [3.8, 4) is 56.4 Å². The minimum absolute atomic E-state index is 0.592. The minimum atomic E-state index is 0.592. The lowest BCUT2D eigenvalue weighted by atomic mass is 9.95. The molecular weight excluding hydrogens is 631 g/mol. The topological polar surface area (TPSA) is 51.8 Å². The van der Waals surface area contributed by atoms with Gasteiger partial charge in [-0.05, 0) is 41.5 Å². The monoisotopic (exact) mass is 657 g/mol. The summed E-state index contributed by atoms with van der Waals surface area (Å²) in [6.07, 6.45) is 0. The Morgan fingerprint density at radius 3 is 1.66 bits per heavy atom. The highest BCUT2D eigenvalue weighted by atomic mass is 32.1. The summed E-state index contributed by atoms with van der Waals surface area (Å²) in [5.74, 6) is 1.84. The second-order valence-electron chi connectivity index (χ2n) is 12.4. The van der Waals surface area contributed by atoms with Crippen LogP contribution in [-0.2, 0) is 0 Å². The highest BCUT2D eigenvalue weighted by molar-refractivity contribution is 7.25. The van der Waals surface area contributed by atoms with Crippen molar-refractivity contribution in [1.82, 2.24) is 15.0 Å². The molecule has 0 saturated heterocycles. The fourth-order valence-corrected chi connectivity index (χ4v) is 8.08. The van der Waals surface area contributed by atoms with E-state index in [4.69, 9.17) is 19.4 Å². The number of aromatic nitrogens is 3. The number of rotatable bonds is 5. The van der Waals surface area contributed by atoms with E-state index in [9.17, 15) is 0 Å². The van der Waals surface area contributed by atoms with Gasteiger partial charge < -0.3 is 4.42 Å². The SMILES string of the molecule is c1ccc(-c2nc(-c3ccccc3)nc(-c3ccc4c(oc5c(-c6ccc7sc8ccccc8c7c6)cccc54)c3-c3ccccc3)n2)cc1. The van der Waals surface area contributed by atoms with Gasteiger partial charge in [0.05, 0.1) is 0 Å². The summed E-state index contributed by atoms with van der Waals surface area (Å²) in [4.78, 5) is 15.1. The predicted molar refractivity (Wildman–Crippen MR) is 207 cm³/mol. The van der Waals surface area contributed by atoms with Crippen LogP contribution in [0.2, 0.25) is 0 Å². The number of para-hydroxylation sites is 1. The van der Waals surface area contributed by atoms with Gasteiger partial charge in [-0.25, -0.2) is 15.0 Å². The van der Waals surface area contributed by atoms with E-state index in [2.05, 4.69) is 97.1 Å². The molecule has 0 N–H and O–H groups in total. The summed E-state index contributed by atoms with van der Waals surface area (Å²) >= 11 is 1.83. The third kappa shape index (κ3) is 4.71. The lowest BCUT2D eigenvalue weighted by molar-refractivity contribution is 0.671. The Hall–Kier alpha value is -6.43. The van der Waals surface area contributed by atoms with Crippen molar-refractivity contribution < 1.29 is 4.42 Å². The molecule has 0 amide bonds. The van der Waals surface area contributed by atoms with E-state index in [1.807, 2.05) is 78.1 Å². The van der Waals surface area contributed by atoms with E-state index in [0.717, 1.165) is 60.9 Å². The highest BCUT2D eigenvalue weighted by Gasteiger charge is 2.22. The average Bonchev–Trinajstić information content (AvgIpc) is 3.76. The maximum absolute atomic E-state index is 7.03. The first-order valence-electron chi connectivity index (χ1n) is 16.6. The molecule has 0 atom stereocenters. The van der Waals surface area contributed by atoms with E-state index in [-0.39, 0.29) is 0 Å². The fourth-order valence-electron chi connectivity index (χ4n) is 6.99. The molecular formula is C45H27N3OS. The first kappa shape index (κ1) is 28.6. The summed E-state index contributed by atoms with van der Waals surface area (Å²) in [6.45, 7) is 0. The Morgan fingerprint density at radius 1 is 0.360 bits per heavy atom. The Labute approximate surface area is 292 Å². The molecule has 0 fully saturated rings. The summed E-state index contributed by atoms with van der Waals surface area (Å²) in [5, 5.41) is 4.67. The molecule has 5 heteroatoms. The van der Waals surface area contributed by atoms with Gasteiger partial charge in [-0.3, -0.25) is 0 Å². The first-order valence-corrected chi connectivity index (χ1v) is 17.4. The molecule has 4 nitrogen and oxygen atoms in total. The molecule has 10 rings (SSSR count). The largest absolute Gasteiger partial charge is 0.455 e. The number of thiophene rings is 1. The molecule has 234 valence electrons. The Kier molecular flexibility index (Phi) is 6.64. The third-order valence-electron chi connectivity index (χ3n) is 9.36. The number of hydrogen-bond acceptors (Lipinski definition) is 5. The van der Waals surface area contributed by atoms with Crippen LogP contribution in [0.4, 0.5) is 0 Å². The molecule has 0 radical (unpaired) electrons. The maximum atomic E-state index is 7.03. The van der Waals surface area contributed by atoms with Crippen LogP contribution in [0.25, 0.3) is 98.5 Å². The number of benzene rings is 7. The van der Waals surface area contributed by atoms with Crippen LogP contribution < -0.4 is 0 Å². The lowest BCUT2D eigenvalue weighted by Gasteiger charge is -2.12. The zero-order valence-electron chi connectivity index (χ0n) is 26.7. The van der Waals surface area contributed by atoms with Gasteiger partial charge in [0.1, 0.15) is 11.2 Å². The van der Waals surface area contributed by atoms with Crippen molar-refractivity contribution in [2.75, 3.05) is 0 Å². The highest BCUT2D eigenvalue weighted by Crippen LogP contribution is 2.45. The molecule has 50 heavy (non-hydrogen) atoms. The van der Waals surface area contributed by atoms with Crippen molar-refractivity contribution in [2.24, 2.45) is 0 Å². The van der Waals surface area contributed by atoms with E-state index < -0.39 is 0 Å². The van der Waals surface area contributed by atoms with Crippen LogP contribution in [0, 0.1) is 0 Å². The zero-order valence-corrected chi connectivity index (χ0v) is 27.6. The van der Waals surface area contributed by atoms with Crippen LogP contribution in [0.1, 0.15) is 0 Å². The summed E-state index contributed by atoms with van der Waals surface area (Å²) in [6, 6.07) is 56.7. The van der Waals surface area contributed by atoms with Gasteiger partial charge in [0.15, 0.2) is 17.5 Å². The maximum Gasteiger partial charge on any atom is 0.164 e. The van der Waals surface area contributed by atoms with Crippen molar-refractivity contribution in [1.29, 1.82) is 0 Å². The lowest BCUT2D eigenvalue weighted by Crippen LogP contribution is -2.01. The summed E-state index contributed by atoms with van der Waals surface area (Å²) in [7, 11) is 0. The van der Waals surface area contributed by atoms with Crippen molar-refractivity contribution in [3.05, 3.63) is 164 Å². The van der Waals surface area contributed by atoms with Gasteiger partial charge >= 0.3 is 0 Å². The zero-order chi connectivity index (χ0) is 33.0. The van der Waals surface area contributed by atoms with Gasteiger partial charge in [-0.1, -0.05) is 133 Å². The van der Waals surface area contributed by atoms with Gasteiger partial charge in [-0.2, -0.15) is 0 Å². The number of furan rings is 1. The molecule has 3 aromatic heterocycles. The molecule has 0 aliphatic rings. The Bertz CT molecular complexity index is 2800. The second kappa shape index (κ2) is 11.6.